The van der Waals surface area contributed by atoms with Crippen molar-refractivity contribution in [3.8, 4) is 0 Å². The topological polar surface area (TPSA) is 68.3 Å². The van der Waals surface area contributed by atoms with Crippen molar-refractivity contribution in [1.29, 1.82) is 0 Å². The number of nitrogens with one attached hydrogen (secondary N) is 1. The van der Waals surface area contributed by atoms with Crippen LogP contribution < -0.4 is 5.32 Å². The van der Waals surface area contributed by atoms with Crippen LogP contribution in [0.4, 0.5) is 5.69 Å². The number of hydrogen-bond donors (Lipinski definition) is 1. The lowest BCUT2D eigenvalue weighted by molar-refractivity contribution is -0.123. The Morgan fingerprint density at radius 1 is 1.11 bits per heavy atom. The first kappa shape index (κ1) is 19.5. The Morgan fingerprint density at radius 3 is 2.57 bits per heavy atom. The number of carbonyl (C=O) groups is 2. The lowest BCUT2D eigenvalue weighted by Gasteiger charge is -2.17. The van der Waals surface area contributed by atoms with Gasteiger partial charge in [-0.25, -0.2) is 4.79 Å². The number of amides is 1. The summed E-state index contributed by atoms with van der Waals surface area (Å²) in [5.74, 6) is -0.886. The third-order valence-corrected chi connectivity index (χ3v) is 4.71. The van der Waals surface area contributed by atoms with E-state index in [1.807, 2.05) is 63.2 Å². The van der Waals surface area contributed by atoms with Crippen molar-refractivity contribution in [1.82, 2.24) is 4.98 Å². The number of aromatic nitrogens is 1. The van der Waals surface area contributed by atoms with Crippen LogP contribution in [0.5, 0.6) is 0 Å². The minimum absolute atomic E-state index is 0.370. The van der Waals surface area contributed by atoms with Crippen LogP contribution in [-0.4, -0.2) is 23.0 Å². The minimum Gasteiger partial charge on any atom is -0.449 e. The molecule has 1 atom stereocenters. The van der Waals surface area contributed by atoms with E-state index < -0.39 is 12.1 Å². The molecule has 0 fully saturated rings. The van der Waals surface area contributed by atoms with Crippen LogP contribution in [0, 0.1) is 13.8 Å². The molecule has 3 rings (SSSR count). The summed E-state index contributed by atoms with van der Waals surface area (Å²) in [4.78, 5) is 30.0. The van der Waals surface area contributed by atoms with E-state index in [4.69, 9.17) is 4.74 Å². The fourth-order valence-corrected chi connectivity index (χ4v) is 3.21. The van der Waals surface area contributed by atoms with E-state index in [9.17, 15) is 9.59 Å². The van der Waals surface area contributed by atoms with Crippen LogP contribution in [0.1, 0.15) is 41.0 Å². The van der Waals surface area contributed by atoms with Crippen LogP contribution in [0.25, 0.3) is 10.9 Å². The van der Waals surface area contributed by atoms with Crippen molar-refractivity contribution in [2.45, 2.75) is 40.2 Å². The number of rotatable bonds is 5. The van der Waals surface area contributed by atoms with E-state index in [1.54, 1.807) is 13.0 Å². The molecular formula is C23H24N2O3. The molecule has 1 aromatic heterocycles. The Balaban J connectivity index is 1.84. The number of carbonyl (C=O) groups excluding carboxylic acids is 2. The van der Waals surface area contributed by atoms with Gasteiger partial charge in [0.15, 0.2) is 6.10 Å². The lowest BCUT2D eigenvalue weighted by Crippen LogP contribution is -2.30. The zero-order valence-electron chi connectivity index (χ0n) is 16.6. The first-order chi connectivity index (χ1) is 13.4. The van der Waals surface area contributed by atoms with Gasteiger partial charge < -0.3 is 10.1 Å². The summed E-state index contributed by atoms with van der Waals surface area (Å²) in [6.07, 6.45) is -0.218. The summed E-state index contributed by atoms with van der Waals surface area (Å²) in [6.45, 7) is 7.38. The van der Waals surface area contributed by atoms with E-state index in [-0.39, 0.29) is 5.91 Å². The number of fused-ring (bicyclic) bond motifs is 1. The molecule has 0 radical (unpaired) electrons. The average Bonchev–Trinajstić information content (AvgIpc) is 2.67. The summed E-state index contributed by atoms with van der Waals surface area (Å²) < 4.78 is 5.51. The Morgan fingerprint density at radius 2 is 1.86 bits per heavy atom. The Labute approximate surface area is 164 Å². The Kier molecular flexibility index (Phi) is 5.73. The largest absolute Gasteiger partial charge is 0.449 e. The van der Waals surface area contributed by atoms with Crippen molar-refractivity contribution in [3.05, 3.63) is 70.9 Å². The first-order valence-electron chi connectivity index (χ1n) is 9.37. The molecule has 5 nitrogen and oxygen atoms in total. The van der Waals surface area contributed by atoms with Crippen LogP contribution in [0.3, 0.4) is 0 Å². The van der Waals surface area contributed by atoms with Gasteiger partial charge in [-0.2, -0.15) is 0 Å². The van der Waals surface area contributed by atoms with Crippen LogP contribution >= 0.6 is 0 Å². The maximum Gasteiger partial charge on any atom is 0.339 e. The molecule has 0 aliphatic carbocycles. The number of nitrogens with zero attached hydrogens (tertiary/aromatic N) is 1. The van der Waals surface area contributed by atoms with Gasteiger partial charge in [0.25, 0.3) is 5.91 Å². The molecule has 0 saturated carbocycles. The van der Waals surface area contributed by atoms with Crippen molar-refractivity contribution in [2.75, 3.05) is 5.32 Å². The van der Waals surface area contributed by atoms with Crippen molar-refractivity contribution in [3.63, 3.8) is 0 Å². The molecule has 2 aromatic carbocycles. The highest BCUT2D eigenvalue weighted by Gasteiger charge is 2.23. The van der Waals surface area contributed by atoms with E-state index in [2.05, 4.69) is 10.3 Å². The van der Waals surface area contributed by atoms with Crippen LogP contribution in [0.15, 0.2) is 48.5 Å². The number of esters is 1. The third-order valence-electron chi connectivity index (χ3n) is 4.71. The summed E-state index contributed by atoms with van der Waals surface area (Å²) >= 11 is 0. The van der Waals surface area contributed by atoms with Gasteiger partial charge in [0, 0.05) is 16.8 Å². The summed E-state index contributed by atoms with van der Waals surface area (Å²) in [6, 6.07) is 14.9. The van der Waals surface area contributed by atoms with Crippen molar-refractivity contribution >= 4 is 28.5 Å². The second-order valence-electron chi connectivity index (χ2n) is 6.84. The van der Waals surface area contributed by atoms with Gasteiger partial charge in [-0.1, -0.05) is 37.3 Å². The number of pyridine rings is 1. The number of para-hydroxylation sites is 1. The minimum atomic E-state index is -0.926. The zero-order valence-corrected chi connectivity index (χ0v) is 16.6. The quantitative estimate of drug-likeness (QED) is 0.661. The van der Waals surface area contributed by atoms with Gasteiger partial charge in [0.2, 0.25) is 0 Å². The van der Waals surface area contributed by atoms with Gasteiger partial charge in [-0.15, -0.1) is 0 Å². The van der Waals surface area contributed by atoms with Gasteiger partial charge in [-0.05, 0) is 56.5 Å². The SMILES string of the molecule is CCc1nc2ccccc2c(C(=O)O[C@H](C)C(=O)Nc2cccc(C)c2)c1C. The highest BCUT2D eigenvalue weighted by molar-refractivity contribution is 6.06. The van der Waals surface area contributed by atoms with Gasteiger partial charge in [0.1, 0.15) is 0 Å². The number of anilines is 1. The smallest absolute Gasteiger partial charge is 0.339 e. The molecule has 0 spiro atoms. The second kappa shape index (κ2) is 8.21. The highest BCUT2D eigenvalue weighted by Crippen LogP contribution is 2.25. The molecule has 3 aromatic rings. The molecule has 0 aliphatic rings. The van der Waals surface area contributed by atoms with E-state index in [0.29, 0.717) is 17.7 Å². The molecule has 5 heteroatoms. The van der Waals surface area contributed by atoms with Crippen molar-refractivity contribution in [2.24, 2.45) is 0 Å². The fraction of sp³-hybridized carbons (Fsp3) is 0.261. The fourth-order valence-electron chi connectivity index (χ4n) is 3.21. The van der Waals surface area contributed by atoms with Gasteiger partial charge in [0.05, 0.1) is 11.1 Å². The summed E-state index contributed by atoms with van der Waals surface area (Å²) in [5, 5.41) is 3.52. The number of benzene rings is 2. The number of aryl methyl sites for hydroxylation is 2. The van der Waals surface area contributed by atoms with Crippen LogP contribution in [0.2, 0.25) is 0 Å². The maximum atomic E-state index is 12.9. The molecule has 0 aliphatic heterocycles. The second-order valence-corrected chi connectivity index (χ2v) is 6.84. The molecular weight excluding hydrogens is 352 g/mol. The van der Waals surface area contributed by atoms with E-state index in [1.165, 1.54) is 0 Å². The predicted octanol–water partition coefficient (Wildman–Crippen LogP) is 4.60. The standard InChI is InChI=1S/C23H24N2O3/c1-5-19-15(3)21(18-11-6-7-12-20(18)25-19)23(27)28-16(4)22(26)24-17-10-8-9-14(2)13-17/h6-13,16H,5H2,1-4H3,(H,24,26)/t16-/m1/s1. The molecule has 1 N–H and O–H groups in total. The molecule has 0 unspecified atom stereocenters. The normalized spacial score (nSPS) is 11.9. The third kappa shape index (κ3) is 4.03. The van der Waals surface area contributed by atoms with Crippen LogP contribution in [-0.2, 0) is 16.0 Å². The van der Waals surface area contributed by atoms with Gasteiger partial charge in [-0.3, -0.25) is 9.78 Å². The molecule has 1 heterocycles. The molecule has 0 bridgehead atoms. The Hall–Kier alpha value is -3.21. The molecule has 1 amide bonds. The molecule has 28 heavy (non-hydrogen) atoms. The molecule has 144 valence electrons. The number of hydrogen-bond acceptors (Lipinski definition) is 4. The zero-order chi connectivity index (χ0) is 20.3. The van der Waals surface area contributed by atoms with Gasteiger partial charge >= 0.3 is 5.97 Å². The summed E-state index contributed by atoms with van der Waals surface area (Å²) in [7, 11) is 0. The highest BCUT2D eigenvalue weighted by atomic mass is 16.5. The number of ether oxygens (including phenoxy) is 1. The monoisotopic (exact) mass is 376 g/mol. The molecule has 0 saturated heterocycles. The first-order valence-corrected chi connectivity index (χ1v) is 9.37. The van der Waals surface area contributed by atoms with E-state index in [0.717, 1.165) is 27.7 Å². The van der Waals surface area contributed by atoms with Crippen molar-refractivity contribution < 1.29 is 14.3 Å². The Bertz CT molecular complexity index is 1040. The maximum absolute atomic E-state index is 12.9. The van der Waals surface area contributed by atoms with E-state index >= 15 is 0 Å². The average molecular weight is 376 g/mol. The predicted molar refractivity (Wildman–Crippen MR) is 111 cm³/mol. The lowest BCUT2D eigenvalue weighted by atomic mass is 10.0. The summed E-state index contributed by atoms with van der Waals surface area (Å²) in [5.41, 5.74) is 4.56.